The van der Waals surface area contributed by atoms with Gasteiger partial charge in [-0.05, 0) is 25.0 Å². The van der Waals surface area contributed by atoms with Crippen LogP contribution in [0.3, 0.4) is 0 Å². The Morgan fingerprint density at radius 3 is 2.81 bits per heavy atom. The molecule has 2 rings (SSSR count). The Morgan fingerprint density at radius 1 is 1.43 bits per heavy atom. The number of amidine groups is 1. The minimum absolute atomic E-state index is 0.0257. The van der Waals surface area contributed by atoms with Gasteiger partial charge in [-0.2, -0.15) is 5.10 Å². The smallest absolute Gasteiger partial charge is 0.229 e. The van der Waals surface area contributed by atoms with Crippen molar-refractivity contribution in [1.82, 2.24) is 9.78 Å². The molecule has 1 aromatic heterocycles. The second kappa shape index (κ2) is 6.27. The Balaban J connectivity index is 2.45. The van der Waals surface area contributed by atoms with Gasteiger partial charge in [-0.25, -0.2) is 4.68 Å². The molecule has 0 bridgehead atoms. The number of para-hydroxylation sites is 1. The maximum absolute atomic E-state index is 9.10. The Morgan fingerprint density at radius 2 is 2.14 bits per heavy atom. The van der Waals surface area contributed by atoms with E-state index in [1.54, 1.807) is 20.0 Å². The molecule has 2 aromatic rings. The fourth-order valence-electron chi connectivity index (χ4n) is 2.13. The maximum Gasteiger partial charge on any atom is 0.229 e. The summed E-state index contributed by atoms with van der Waals surface area (Å²) in [6, 6.07) is 7.38. The quantitative estimate of drug-likeness (QED) is 0.331. The van der Waals surface area contributed by atoms with Crippen molar-refractivity contribution in [2.45, 2.75) is 13.3 Å². The Kier molecular flexibility index (Phi) is 4.44. The van der Waals surface area contributed by atoms with Crippen LogP contribution in [0.1, 0.15) is 16.8 Å². The topological polar surface area (TPSA) is 106 Å². The van der Waals surface area contributed by atoms with E-state index in [4.69, 9.17) is 20.8 Å². The lowest BCUT2D eigenvalue weighted by Gasteiger charge is -2.11. The van der Waals surface area contributed by atoms with E-state index in [0.717, 1.165) is 5.56 Å². The molecule has 0 radical (unpaired) electrons. The highest BCUT2D eigenvalue weighted by molar-refractivity contribution is 6.00. The monoisotopic (exact) mass is 290 g/mol. The van der Waals surface area contributed by atoms with E-state index in [0.29, 0.717) is 29.3 Å². The van der Waals surface area contributed by atoms with Crippen LogP contribution in [0.15, 0.2) is 29.4 Å². The molecule has 0 fully saturated rings. The van der Waals surface area contributed by atoms with Gasteiger partial charge in [0, 0.05) is 13.7 Å². The molecular weight excluding hydrogens is 272 g/mol. The van der Waals surface area contributed by atoms with E-state index >= 15 is 0 Å². The summed E-state index contributed by atoms with van der Waals surface area (Å²) in [5, 5.41) is 25.2. The summed E-state index contributed by atoms with van der Waals surface area (Å²) in [5.74, 6) is 0.921. The Labute approximate surface area is 122 Å². The van der Waals surface area contributed by atoms with Crippen molar-refractivity contribution in [2.24, 2.45) is 17.9 Å². The molecule has 4 N–H and O–H groups in total. The number of aryl methyl sites for hydroxylation is 2. The van der Waals surface area contributed by atoms with Crippen molar-refractivity contribution < 1.29 is 15.1 Å². The van der Waals surface area contributed by atoms with Gasteiger partial charge in [-0.15, -0.1) is 0 Å². The van der Waals surface area contributed by atoms with E-state index in [1.807, 2.05) is 18.2 Å². The number of aliphatic hydroxyl groups excluding tert-OH is 1. The third-order valence-electron chi connectivity index (χ3n) is 3.09. The zero-order chi connectivity index (χ0) is 15.4. The van der Waals surface area contributed by atoms with Crippen LogP contribution in [0.2, 0.25) is 0 Å². The average Bonchev–Trinajstić information content (AvgIpc) is 2.75. The molecule has 112 valence electrons. The normalized spacial score (nSPS) is 11.7. The highest BCUT2D eigenvalue weighted by atomic mass is 16.5. The zero-order valence-electron chi connectivity index (χ0n) is 11.9. The van der Waals surface area contributed by atoms with Crippen molar-refractivity contribution in [1.29, 1.82) is 0 Å². The lowest BCUT2D eigenvalue weighted by atomic mass is 10.1. The van der Waals surface area contributed by atoms with Crippen LogP contribution < -0.4 is 10.5 Å². The van der Waals surface area contributed by atoms with E-state index in [1.165, 1.54) is 4.68 Å². The third-order valence-corrected chi connectivity index (χ3v) is 3.09. The second-order valence-corrected chi connectivity index (χ2v) is 4.56. The first-order valence-electron chi connectivity index (χ1n) is 6.46. The van der Waals surface area contributed by atoms with E-state index in [2.05, 4.69) is 10.3 Å². The summed E-state index contributed by atoms with van der Waals surface area (Å²) in [6.07, 6.45) is 0.478. The van der Waals surface area contributed by atoms with Crippen LogP contribution in [-0.2, 0) is 13.5 Å². The summed E-state index contributed by atoms with van der Waals surface area (Å²) >= 11 is 0. The number of nitrogens with two attached hydrogens (primary N) is 1. The van der Waals surface area contributed by atoms with Crippen molar-refractivity contribution in [3.8, 4) is 11.6 Å². The number of nitrogens with zero attached hydrogens (tertiary/aromatic N) is 3. The second-order valence-electron chi connectivity index (χ2n) is 4.56. The van der Waals surface area contributed by atoms with Crippen LogP contribution in [0.4, 0.5) is 0 Å². The van der Waals surface area contributed by atoms with E-state index < -0.39 is 0 Å². The number of hydrogen-bond donors (Lipinski definition) is 3. The number of rotatable bonds is 5. The number of aromatic nitrogens is 2. The lowest BCUT2D eigenvalue weighted by molar-refractivity contribution is 0.297. The summed E-state index contributed by atoms with van der Waals surface area (Å²) < 4.78 is 7.41. The van der Waals surface area contributed by atoms with Crippen LogP contribution in [-0.4, -0.2) is 32.5 Å². The summed E-state index contributed by atoms with van der Waals surface area (Å²) in [4.78, 5) is 0. The molecule has 0 aliphatic heterocycles. The SMILES string of the molecule is Cc1nn(C)c(Oc2ccccc2CCO)c1/C(N)=N/O. The molecular formula is C14H18N4O3. The van der Waals surface area contributed by atoms with Crippen molar-refractivity contribution in [2.75, 3.05) is 6.61 Å². The van der Waals surface area contributed by atoms with E-state index in [9.17, 15) is 0 Å². The molecule has 1 aromatic carbocycles. The highest BCUT2D eigenvalue weighted by Gasteiger charge is 2.20. The van der Waals surface area contributed by atoms with Gasteiger partial charge in [-0.1, -0.05) is 23.4 Å². The van der Waals surface area contributed by atoms with Gasteiger partial charge in [0.05, 0.1) is 5.69 Å². The number of benzene rings is 1. The van der Waals surface area contributed by atoms with Gasteiger partial charge in [0.15, 0.2) is 5.84 Å². The molecule has 0 atom stereocenters. The molecule has 21 heavy (non-hydrogen) atoms. The van der Waals surface area contributed by atoms with E-state index in [-0.39, 0.29) is 12.4 Å². The molecule has 0 aliphatic rings. The largest absolute Gasteiger partial charge is 0.438 e. The molecule has 0 saturated heterocycles. The molecule has 7 heteroatoms. The van der Waals surface area contributed by atoms with Gasteiger partial charge < -0.3 is 20.8 Å². The molecule has 0 unspecified atom stereocenters. The maximum atomic E-state index is 9.10. The fraction of sp³-hybridized carbons (Fsp3) is 0.286. The summed E-state index contributed by atoms with van der Waals surface area (Å²) in [5.41, 5.74) is 7.59. The van der Waals surface area contributed by atoms with Gasteiger partial charge in [0.2, 0.25) is 5.88 Å². The fourth-order valence-corrected chi connectivity index (χ4v) is 2.13. The molecule has 0 aliphatic carbocycles. The predicted molar refractivity (Wildman–Crippen MR) is 77.8 cm³/mol. The Hall–Kier alpha value is -2.54. The first kappa shape index (κ1) is 14.9. The first-order valence-corrected chi connectivity index (χ1v) is 6.46. The number of aliphatic hydroxyl groups is 1. The third kappa shape index (κ3) is 2.97. The predicted octanol–water partition coefficient (Wildman–Crippen LogP) is 1.15. The lowest BCUT2D eigenvalue weighted by Crippen LogP contribution is -2.15. The molecule has 0 spiro atoms. The number of oxime groups is 1. The molecule has 1 heterocycles. The van der Waals surface area contributed by atoms with Crippen LogP contribution in [0.5, 0.6) is 11.6 Å². The van der Waals surface area contributed by atoms with Crippen LogP contribution >= 0.6 is 0 Å². The van der Waals surface area contributed by atoms with Crippen molar-refractivity contribution >= 4 is 5.84 Å². The summed E-state index contributed by atoms with van der Waals surface area (Å²) in [7, 11) is 1.71. The van der Waals surface area contributed by atoms with Crippen LogP contribution in [0, 0.1) is 6.92 Å². The van der Waals surface area contributed by atoms with Gasteiger partial charge in [-0.3, -0.25) is 0 Å². The number of hydrogen-bond acceptors (Lipinski definition) is 5. The van der Waals surface area contributed by atoms with Crippen molar-refractivity contribution in [3.63, 3.8) is 0 Å². The summed E-state index contributed by atoms with van der Waals surface area (Å²) in [6.45, 7) is 1.78. The average molecular weight is 290 g/mol. The molecule has 7 nitrogen and oxygen atoms in total. The molecule has 0 amide bonds. The Bertz CT molecular complexity index is 664. The van der Waals surface area contributed by atoms with Gasteiger partial charge >= 0.3 is 0 Å². The minimum Gasteiger partial charge on any atom is -0.438 e. The zero-order valence-corrected chi connectivity index (χ0v) is 11.9. The standard InChI is InChI=1S/C14H18N4O3/c1-9-12(13(15)17-20)14(18(2)16-9)21-11-6-4-3-5-10(11)7-8-19/h3-6,19-20H,7-8H2,1-2H3,(H2,15,17). The van der Waals surface area contributed by atoms with Crippen LogP contribution in [0.25, 0.3) is 0 Å². The number of ether oxygens (including phenoxy) is 1. The minimum atomic E-state index is -0.0600. The first-order chi connectivity index (χ1) is 10.1. The highest BCUT2D eigenvalue weighted by Crippen LogP contribution is 2.29. The van der Waals surface area contributed by atoms with Gasteiger partial charge in [0.1, 0.15) is 11.3 Å². The molecule has 0 saturated carbocycles. The van der Waals surface area contributed by atoms with Gasteiger partial charge in [0.25, 0.3) is 0 Å². The van der Waals surface area contributed by atoms with Crippen molar-refractivity contribution in [3.05, 3.63) is 41.1 Å².